The van der Waals surface area contributed by atoms with Gasteiger partial charge in [-0.1, -0.05) is 19.8 Å². The summed E-state index contributed by atoms with van der Waals surface area (Å²) in [6.45, 7) is 5.18. The Kier molecular flexibility index (Phi) is 3.78. The van der Waals surface area contributed by atoms with E-state index in [0.717, 1.165) is 0 Å². The molecule has 0 heterocycles. The minimum absolute atomic E-state index is 0.129. The van der Waals surface area contributed by atoms with E-state index >= 15 is 0 Å². The van der Waals surface area contributed by atoms with E-state index in [1.54, 1.807) is 13.8 Å². The molecular weight excluding hydrogens is 154 g/mol. The van der Waals surface area contributed by atoms with Crippen LogP contribution in [0.25, 0.3) is 0 Å². The van der Waals surface area contributed by atoms with Gasteiger partial charge in [0.1, 0.15) is 5.60 Å². The van der Waals surface area contributed by atoms with Crippen LogP contribution in [0.15, 0.2) is 0 Å². The van der Waals surface area contributed by atoms with Crippen LogP contribution in [0.1, 0.15) is 20.8 Å². The van der Waals surface area contributed by atoms with Crippen molar-refractivity contribution in [2.24, 2.45) is 5.92 Å². The molecule has 0 saturated heterocycles. The zero-order chi connectivity index (χ0) is 9.78. The van der Waals surface area contributed by atoms with Gasteiger partial charge in [0.15, 0.2) is 0 Å². The van der Waals surface area contributed by atoms with Crippen molar-refractivity contribution in [2.45, 2.75) is 26.4 Å². The van der Waals surface area contributed by atoms with Gasteiger partial charge in [0.05, 0.1) is 6.54 Å². The van der Waals surface area contributed by atoms with Crippen LogP contribution in [0, 0.1) is 18.3 Å². The average molecular weight is 169 g/mol. The first-order chi connectivity index (χ1) is 5.42. The minimum atomic E-state index is -1.34. The van der Waals surface area contributed by atoms with Crippen molar-refractivity contribution in [2.75, 3.05) is 6.54 Å². The van der Waals surface area contributed by atoms with Crippen LogP contribution >= 0.6 is 0 Å². The lowest BCUT2D eigenvalue weighted by molar-refractivity contribution is -0.141. The van der Waals surface area contributed by atoms with Crippen LogP contribution in [0.5, 0.6) is 0 Å². The molecule has 2 N–H and O–H groups in total. The highest BCUT2D eigenvalue weighted by Gasteiger charge is 2.33. The molecule has 68 valence electrons. The van der Waals surface area contributed by atoms with Crippen molar-refractivity contribution < 1.29 is 9.90 Å². The van der Waals surface area contributed by atoms with Crippen molar-refractivity contribution in [3.8, 4) is 12.3 Å². The highest BCUT2D eigenvalue weighted by molar-refractivity contribution is 5.84. The molecular formula is C9H15NO2. The third kappa shape index (κ3) is 2.55. The first-order valence-electron chi connectivity index (χ1n) is 3.87. The normalized spacial score (nSPS) is 15.0. The number of terminal acetylenes is 1. The fourth-order valence-corrected chi connectivity index (χ4v) is 0.572. The molecule has 3 nitrogen and oxygen atoms in total. The van der Waals surface area contributed by atoms with Gasteiger partial charge in [-0.25, -0.2) is 0 Å². The zero-order valence-electron chi connectivity index (χ0n) is 7.72. The Balaban J connectivity index is 4.18. The molecule has 0 aliphatic carbocycles. The topological polar surface area (TPSA) is 49.3 Å². The van der Waals surface area contributed by atoms with E-state index in [4.69, 9.17) is 6.42 Å². The Hall–Kier alpha value is -1.01. The molecule has 0 rings (SSSR count). The summed E-state index contributed by atoms with van der Waals surface area (Å²) in [6.07, 6.45) is 4.95. The van der Waals surface area contributed by atoms with Gasteiger partial charge in [-0.2, -0.15) is 0 Å². The summed E-state index contributed by atoms with van der Waals surface area (Å²) in [5.74, 6) is 1.72. The summed E-state index contributed by atoms with van der Waals surface area (Å²) in [7, 11) is 0. The number of aliphatic hydroxyl groups is 1. The molecule has 0 spiro atoms. The van der Waals surface area contributed by atoms with Gasteiger partial charge in [0.25, 0.3) is 5.91 Å². The number of hydrogen-bond acceptors (Lipinski definition) is 2. The first kappa shape index (κ1) is 11.0. The van der Waals surface area contributed by atoms with Crippen molar-refractivity contribution in [3.63, 3.8) is 0 Å². The van der Waals surface area contributed by atoms with Gasteiger partial charge in [-0.15, -0.1) is 6.42 Å². The Labute approximate surface area is 73.2 Å². The van der Waals surface area contributed by atoms with Crippen molar-refractivity contribution in [1.82, 2.24) is 5.32 Å². The Morgan fingerprint density at radius 2 is 2.25 bits per heavy atom. The van der Waals surface area contributed by atoms with Gasteiger partial charge in [-0.3, -0.25) is 4.79 Å². The smallest absolute Gasteiger partial charge is 0.252 e. The Bertz CT molecular complexity index is 201. The third-order valence-corrected chi connectivity index (χ3v) is 1.93. The van der Waals surface area contributed by atoms with E-state index in [1.165, 1.54) is 6.92 Å². The van der Waals surface area contributed by atoms with Crippen LogP contribution in [0.2, 0.25) is 0 Å². The van der Waals surface area contributed by atoms with E-state index in [2.05, 4.69) is 11.2 Å². The number of carbonyl (C=O) groups is 1. The van der Waals surface area contributed by atoms with Crippen LogP contribution in [-0.4, -0.2) is 23.2 Å². The van der Waals surface area contributed by atoms with Crippen molar-refractivity contribution in [1.29, 1.82) is 0 Å². The average Bonchev–Trinajstić information content (AvgIpc) is 1.99. The molecule has 1 unspecified atom stereocenters. The summed E-state index contributed by atoms with van der Waals surface area (Å²) in [5, 5.41) is 12.0. The minimum Gasteiger partial charge on any atom is -0.380 e. The van der Waals surface area contributed by atoms with E-state index < -0.39 is 11.5 Å². The van der Waals surface area contributed by atoms with Crippen LogP contribution in [0.3, 0.4) is 0 Å². The molecule has 0 aromatic rings. The molecule has 1 amide bonds. The number of amides is 1. The zero-order valence-corrected chi connectivity index (χ0v) is 7.72. The first-order valence-corrected chi connectivity index (χ1v) is 3.87. The van der Waals surface area contributed by atoms with Crippen molar-refractivity contribution >= 4 is 5.91 Å². The van der Waals surface area contributed by atoms with Crippen molar-refractivity contribution in [3.05, 3.63) is 0 Å². The Morgan fingerprint density at radius 1 is 1.75 bits per heavy atom. The van der Waals surface area contributed by atoms with Crippen LogP contribution < -0.4 is 5.32 Å². The fourth-order valence-electron chi connectivity index (χ4n) is 0.572. The Morgan fingerprint density at radius 3 is 2.58 bits per heavy atom. The molecule has 0 fully saturated rings. The molecule has 12 heavy (non-hydrogen) atoms. The molecule has 0 bridgehead atoms. The van der Waals surface area contributed by atoms with E-state index in [0.29, 0.717) is 0 Å². The highest BCUT2D eigenvalue weighted by atomic mass is 16.3. The second-order valence-corrected chi connectivity index (χ2v) is 3.19. The summed E-state index contributed by atoms with van der Waals surface area (Å²) >= 11 is 0. The van der Waals surface area contributed by atoms with Gasteiger partial charge >= 0.3 is 0 Å². The monoisotopic (exact) mass is 169 g/mol. The van der Waals surface area contributed by atoms with E-state index in [1.807, 2.05) is 0 Å². The molecule has 1 atom stereocenters. The molecule has 0 radical (unpaired) electrons. The second-order valence-electron chi connectivity index (χ2n) is 3.19. The number of nitrogens with one attached hydrogen (secondary N) is 1. The summed E-state index contributed by atoms with van der Waals surface area (Å²) in [6, 6.07) is 0. The largest absolute Gasteiger partial charge is 0.380 e. The van der Waals surface area contributed by atoms with E-state index in [-0.39, 0.29) is 12.5 Å². The summed E-state index contributed by atoms with van der Waals surface area (Å²) < 4.78 is 0. The lowest BCUT2D eigenvalue weighted by Crippen LogP contribution is -2.48. The fraction of sp³-hybridized carbons (Fsp3) is 0.667. The number of hydrogen-bond donors (Lipinski definition) is 2. The number of rotatable bonds is 3. The lowest BCUT2D eigenvalue weighted by Gasteiger charge is -2.25. The molecule has 0 aliphatic heterocycles. The SMILES string of the molecule is C#CCNC(=O)C(C)(O)C(C)C. The van der Waals surface area contributed by atoms with Crippen LogP contribution in [0.4, 0.5) is 0 Å². The quantitative estimate of drug-likeness (QED) is 0.590. The molecule has 0 aromatic heterocycles. The summed E-state index contributed by atoms with van der Waals surface area (Å²) in [5.41, 5.74) is -1.34. The second kappa shape index (κ2) is 4.13. The van der Waals surface area contributed by atoms with E-state index in [9.17, 15) is 9.90 Å². The maximum Gasteiger partial charge on any atom is 0.252 e. The maximum absolute atomic E-state index is 11.2. The molecule has 0 aliphatic rings. The molecule has 0 saturated carbocycles. The third-order valence-electron chi connectivity index (χ3n) is 1.93. The van der Waals surface area contributed by atoms with Gasteiger partial charge in [-0.05, 0) is 12.8 Å². The number of carbonyl (C=O) groups excluding carboxylic acids is 1. The van der Waals surface area contributed by atoms with Gasteiger partial charge in [0.2, 0.25) is 0 Å². The lowest BCUT2D eigenvalue weighted by atomic mass is 9.92. The molecule has 0 aromatic carbocycles. The van der Waals surface area contributed by atoms with Gasteiger partial charge in [0, 0.05) is 0 Å². The molecule has 3 heteroatoms. The van der Waals surface area contributed by atoms with Gasteiger partial charge < -0.3 is 10.4 Å². The highest BCUT2D eigenvalue weighted by Crippen LogP contribution is 2.15. The van der Waals surface area contributed by atoms with Crippen LogP contribution in [-0.2, 0) is 4.79 Å². The summed E-state index contributed by atoms with van der Waals surface area (Å²) in [4.78, 5) is 11.2. The standard InChI is InChI=1S/C9H15NO2/c1-5-6-10-8(11)9(4,12)7(2)3/h1,7,12H,6H2,2-4H3,(H,10,11). The predicted molar refractivity (Wildman–Crippen MR) is 47.3 cm³/mol. The predicted octanol–water partition coefficient (Wildman–Crippen LogP) is 0.143. The maximum atomic E-state index is 11.2.